The van der Waals surface area contributed by atoms with Crippen LogP contribution in [0.5, 0.6) is 0 Å². The van der Waals surface area contributed by atoms with Crippen molar-refractivity contribution in [1.29, 1.82) is 0 Å². The molecule has 1 aromatic heterocycles. The second-order valence-corrected chi connectivity index (χ2v) is 7.63. The van der Waals surface area contributed by atoms with E-state index in [1.54, 1.807) is 0 Å². The van der Waals surface area contributed by atoms with E-state index in [4.69, 9.17) is 0 Å². The Labute approximate surface area is 144 Å². The van der Waals surface area contributed by atoms with E-state index in [9.17, 15) is 4.79 Å². The number of hydrogen-bond donors (Lipinski definition) is 1. The molecule has 2 heterocycles. The molecule has 1 aliphatic rings. The van der Waals surface area contributed by atoms with Crippen LogP contribution in [0, 0.1) is 0 Å². The monoisotopic (exact) mass is 348 g/mol. The number of nitrogens with zero attached hydrogens (tertiary/aromatic N) is 3. The van der Waals surface area contributed by atoms with Gasteiger partial charge in [-0.25, -0.2) is 0 Å². The van der Waals surface area contributed by atoms with Crippen molar-refractivity contribution in [2.24, 2.45) is 0 Å². The Morgan fingerprint density at radius 1 is 1.26 bits per heavy atom. The lowest BCUT2D eigenvalue weighted by molar-refractivity contribution is -0.127. The fourth-order valence-corrected chi connectivity index (χ4v) is 4.12. The normalized spacial score (nSPS) is 14.2. The number of anilines is 2. The van der Waals surface area contributed by atoms with Gasteiger partial charge in [-0.1, -0.05) is 42.2 Å². The number of carbonyl (C=O) groups is 1. The molecule has 0 spiro atoms. The van der Waals surface area contributed by atoms with Gasteiger partial charge in [-0.05, 0) is 37.0 Å². The number of rotatable bonds is 6. The summed E-state index contributed by atoms with van der Waals surface area (Å²) in [6, 6.07) is 8.30. The lowest BCUT2D eigenvalue weighted by atomic mass is 10.1. The Morgan fingerprint density at radius 3 is 2.70 bits per heavy atom. The molecule has 1 saturated heterocycles. The molecule has 2 aromatic rings. The molecule has 1 amide bonds. The van der Waals surface area contributed by atoms with Crippen LogP contribution in [-0.2, 0) is 11.2 Å². The first-order chi connectivity index (χ1) is 11.2. The first-order valence-corrected chi connectivity index (χ1v) is 9.65. The Kier molecular flexibility index (Phi) is 5.51. The Bertz CT molecular complexity index is 650. The smallest absolute Gasteiger partial charge is 0.233 e. The summed E-state index contributed by atoms with van der Waals surface area (Å²) >= 11 is 2.95. The number of likely N-dealkylation sites (tertiary alicyclic amines) is 1. The molecule has 0 unspecified atom stereocenters. The largest absolute Gasteiger partial charge is 0.342 e. The zero-order valence-electron chi connectivity index (χ0n) is 13.1. The lowest BCUT2D eigenvalue weighted by Gasteiger charge is -2.13. The summed E-state index contributed by atoms with van der Waals surface area (Å²) in [7, 11) is 0. The SMILES string of the molecule is CCc1ccc(Nc2nnc(SCC(=O)N3CCCC3)s2)cc1. The first kappa shape index (κ1) is 16.3. The molecular weight excluding hydrogens is 328 g/mol. The average Bonchev–Trinajstić information content (AvgIpc) is 3.25. The zero-order valence-corrected chi connectivity index (χ0v) is 14.8. The van der Waals surface area contributed by atoms with Crippen LogP contribution in [0.15, 0.2) is 28.6 Å². The van der Waals surface area contributed by atoms with E-state index >= 15 is 0 Å². The van der Waals surface area contributed by atoms with E-state index < -0.39 is 0 Å². The molecule has 1 N–H and O–H groups in total. The molecule has 0 aliphatic carbocycles. The third kappa shape index (κ3) is 4.45. The van der Waals surface area contributed by atoms with Gasteiger partial charge in [0.25, 0.3) is 0 Å². The number of aryl methyl sites for hydroxylation is 1. The minimum Gasteiger partial charge on any atom is -0.342 e. The van der Waals surface area contributed by atoms with Crippen LogP contribution >= 0.6 is 23.1 Å². The fraction of sp³-hybridized carbons (Fsp3) is 0.438. The molecule has 1 fully saturated rings. The van der Waals surface area contributed by atoms with Gasteiger partial charge in [-0.3, -0.25) is 4.79 Å². The van der Waals surface area contributed by atoms with Gasteiger partial charge < -0.3 is 10.2 Å². The van der Waals surface area contributed by atoms with Crippen molar-refractivity contribution in [2.45, 2.75) is 30.5 Å². The maximum absolute atomic E-state index is 12.0. The Hall–Kier alpha value is -1.60. The van der Waals surface area contributed by atoms with Gasteiger partial charge >= 0.3 is 0 Å². The summed E-state index contributed by atoms with van der Waals surface area (Å²) in [6.07, 6.45) is 3.28. The summed E-state index contributed by atoms with van der Waals surface area (Å²) in [6.45, 7) is 3.94. The summed E-state index contributed by atoms with van der Waals surface area (Å²) in [5.74, 6) is 0.646. The van der Waals surface area contributed by atoms with Gasteiger partial charge in [-0.2, -0.15) is 0 Å². The molecule has 23 heavy (non-hydrogen) atoms. The zero-order chi connectivity index (χ0) is 16.1. The first-order valence-electron chi connectivity index (χ1n) is 7.84. The van der Waals surface area contributed by atoms with Gasteiger partial charge in [0.2, 0.25) is 11.0 Å². The third-order valence-corrected chi connectivity index (χ3v) is 5.75. The summed E-state index contributed by atoms with van der Waals surface area (Å²) in [5.41, 5.74) is 2.31. The highest BCUT2D eigenvalue weighted by Gasteiger charge is 2.18. The second-order valence-electron chi connectivity index (χ2n) is 5.43. The molecular formula is C16H20N4OS2. The quantitative estimate of drug-likeness (QED) is 0.809. The number of thioether (sulfide) groups is 1. The molecule has 0 saturated carbocycles. The molecule has 1 aliphatic heterocycles. The number of hydrogen-bond acceptors (Lipinski definition) is 6. The predicted octanol–water partition coefficient (Wildman–Crippen LogP) is 3.56. The third-order valence-electron chi connectivity index (χ3n) is 3.80. The Balaban J connectivity index is 1.51. The van der Waals surface area contributed by atoms with E-state index in [1.807, 2.05) is 17.0 Å². The van der Waals surface area contributed by atoms with Crippen molar-refractivity contribution in [3.05, 3.63) is 29.8 Å². The van der Waals surface area contributed by atoms with Crippen LogP contribution in [0.3, 0.4) is 0 Å². The van der Waals surface area contributed by atoms with E-state index in [2.05, 4.69) is 34.6 Å². The van der Waals surface area contributed by atoms with Gasteiger partial charge in [0.1, 0.15) is 0 Å². The number of carbonyl (C=O) groups excluding carboxylic acids is 1. The van der Waals surface area contributed by atoms with E-state index in [-0.39, 0.29) is 5.91 Å². The summed E-state index contributed by atoms with van der Waals surface area (Å²) in [4.78, 5) is 14.0. The lowest BCUT2D eigenvalue weighted by Crippen LogP contribution is -2.29. The van der Waals surface area contributed by atoms with Crippen molar-refractivity contribution < 1.29 is 4.79 Å². The van der Waals surface area contributed by atoms with Gasteiger partial charge in [0.05, 0.1) is 5.75 Å². The van der Waals surface area contributed by atoms with Gasteiger partial charge in [-0.15, -0.1) is 10.2 Å². The van der Waals surface area contributed by atoms with Crippen LogP contribution in [0.4, 0.5) is 10.8 Å². The molecule has 3 rings (SSSR count). The minimum absolute atomic E-state index is 0.201. The van der Waals surface area contributed by atoms with Gasteiger partial charge in [0.15, 0.2) is 4.34 Å². The number of benzene rings is 1. The molecule has 0 atom stereocenters. The number of nitrogens with one attached hydrogen (secondary N) is 1. The van der Waals surface area contributed by atoms with Crippen molar-refractivity contribution in [3.63, 3.8) is 0 Å². The average molecular weight is 348 g/mol. The topological polar surface area (TPSA) is 58.1 Å². The van der Waals surface area contributed by atoms with Gasteiger partial charge in [0, 0.05) is 18.8 Å². The fourth-order valence-electron chi connectivity index (χ4n) is 2.45. The van der Waals surface area contributed by atoms with Crippen molar-refractivity contribution in [3.8, 4) is 0 Å². The maximum Gasteiger partial charge on any atom is 0.233 e. The number of amides is 1. The highest BCUT2D eigenvalue weighted by atomic mass is 32.2. The molecule has 0 bridgehead atoms. The summed E-state index contributed by atoms with van der Waals surface area (Å²) in [5, 5.41) is 12.3. The molecule has 1 aromatic carbocycles. The predicted molar refractivity (Wildman–Crippen MR) is 95.5 cm³/mol. The Morgan fingerprint density at radius 2 is 2.00 bits per heavy atom. The minimum atomic E-state index is 0.201. The summed E-state index contributed by atoms with van der Waals surface area (Å²) < 4.78 is 0.824. The highest BCUT2D eigenvalue weighted by molar-refractivity contribution is 8.01. The molecule has 122 valence electrons. The van der Waals surface area contributed by atoms with Crippen LogP contribution < -0.4 is 5.32 Å². The van der Waals surface area contributed by atoms with Crippen molar-refractivity contribution in [2.75, 3.05) is 24.2 Å². The molecule has 0 radical (unpaired) electrons. The van der Waals surface area contributed by atoms with E-state index in [0.717, 1.165) is 47.5 Å². The molecule has 5 nitrogen and oxygen atoms in total. The van der Waals surface area contributed by atoms with Crippen molar-refractivity contribution in [1.82, 2.24) is 15.1 Å². The standard InChI is InChI=1S/C16H20N4OS2/c1-2-12-5-7-13(8-6-12)17-15-18-19-16(23-15)22-11-14(21)20-9-3-4-10-20/h5-8H,2-4,9-11H2,1H3,(H,17,18). The second kappa shape index (κ2) is 7.79. The van der Waals surface area contributed by atoms with Crippen LogP contribution in [0.25, 0.3) is 0 Å². The van der Waals surface area contributed by atoms with E-state index in [1.165, 1.54) is 28.7 Å². The maximum atomic E-state index is 12.0. The van der Waals surface area contributed by atoms with Crippen molar-refractivity contribution >= 4 is 39.8 Å². The van der Waals surface area contributed by atoms with Crippen LogP contribution in [0.2, 0.25) is 0 Å². The number of aromatic nitrogens is 2. The highest BCUT2D eigenvalue weighted by Crippen LogP contribution is 2.28. The molecule has 7 heteroatoms. The van der Waals surface area contributed by atoms with E-state index in [0.29, 0.717) is 5.75 Å². The van der Waals surface area contributed by atoms with Crippen LogP contribution in [0.1, 0.15) is 25.3 Å². The van der Waals surface area contributed by atoms with Crippen LogP contribution in [-0.4, -0.2) is 39.8 Å².